The number of thiazole rings is 1. The van der Waals surface area contributed by atoms with Crippen LogP contribution in [0.2, 0.25) is 0 Å². The summed E-state index contributed by atoms with van der Waals surface area (Å²) < 4.78 is 20.3. The summed E-state index contributed by atoms with van der Waals surface area (Å²) in [4.78, 5) is 21.2. The topological polar surface area (TPSA) is 46.9 Å². The van der Waals surface area contributed by atoms with Crippen molar-refractivity contribution < 1.29 is 18.8 Å². The van der Waals surface area contributed by atoms with Crippen LogP contribution in [0.3, 0.4) is 0 Å². The van der Waals surface area contributed by atoms with Crippen LogP contribution in [0.15, 0.2) is 36.4 Å². The van der Waals surface area contributed by atoms with E-state index in [1.54, 1.807) is 17.0 Å². The van der Waals surface area contributed by atoms with Gasteiger partial charge >= 0.3 is 0 Å². The van der Waals surface area contributed by atoms with E-state index in [9.17, 15) is 9.18 Å². The molecule has 2 aromatic carbocycles. The van der Waals surface area contributed by atoms with Crippen LogP contribution in [0.4, 0.5) is 9.52 Å². The summed E-state index contributed by atoms with van der Waals surface area (Å²) in [6.45, 7) is 8.77. The van der Waals surface area contributed by atoms with Crippen molar-refractivity contribution in [3.8, 4) is 0 Å². The third kappa shape index (κ3) is 4.32. The van der Waals surface area contributed by atoms with Gasteiger partial charge in [-0.1, -0.05) is 29.5 Å². The Morgan fingerprint density at radius 2 is 1.97 bits per heavy atom. The molecule has 0 saturated carbocycles. The number of benzene rings is 2. The number of carbonyl (C=O) groups is 1. The molecule has 0 bridgehead atoms. The molecule has 5 nitrogen and oxygen atoms in total. The zero-order chi connectivity index (χ0) is 20.4. The van der Waals surface area contributed by atoms with Crippen molar-refractivity contribution in [2.24, 2.45) is 0 Å². The number of morpholine rings is 1. The summed E-state index contributed by atoms with van der Waals surface area (Å²) in [5.41, 5.74) is 3.51. The van der Waals surface area contributed by atoms with Gasteiger partial charge in [-0.05, 0) is 43.2 Å². The molecule has 1 amide bonds. The van der Waals surface area contributed by atoms with Crippen molar-refractivity contribution in [2.45, 2.75) is 13.8 Å². The fourth-order valence-corrected chi connectivity index (χ4v) is 4.74. The highest BCUT2D eigenvalue weighted by atomic mass is 32.1. The molecule has 0 radical (unpaired) electrons. The maximum absolute atomic E-state index is 13.7. The van der Waals surface area contributed by atoms with Gasteiger partial charge in [0.2, 0.25) is 0 Å². The molecule has 1 saturated heterocycles. The normalized spacial score (nSPS) is 15.0. The predicted molar refractivity (Wildman–Crippen MR) is 114 cm³/mol. The van der Waals surface area contributed by atoms with Crippen molar-refractivity contribution in [3.63, 3.8) is 0 Å². The first-order valence-corrected chi connectivity index (χ1v) is 10.7. The molecule has 0 spiro atoms. The molecule has 29 heavy (non-hydrogen) atoms. The van der Waals surface area contributed by atoms with E-state index >= 15 is 0 Å². The van der Waals surface area contributed by atoms with Crippen LogP contribution in [0, 0.1) is 19.7 Å². The maximum atomic E-state index is 13.7. The SMILES string of the molecule is Cc1ccc(C)c2sc(N(CC[NH+]3CCOCC3)C(=O)c3cccc(F)c3)nc12. The van der Waals surface area contributed by atoms with E-state index in [2.05, 4.69) is 19.1 Å². The van der Waals surface area contributed by atoms with Crippen LogP contribution in [0.5, 0.6) is 0 Å². The van der Waals surface area contributed by atoms with Gasteiger partial charge in [-0.25, -0.2) is 9.37 Å². The lowest BCUT2D eigenvalue weighted by atomic mass is 10.1. The van der Waals surface area contributed by atoms with Crippen molar-refractivity contribution in [1.29, 1.82) is 0 Å². The Bertz CT molecular complexity index is 991. The number of anilines is 1. The lowest BCUT2D eigenvalue weighted by molar-refractivity contribution is -0.906. The summed E-state index contributed by atoms with van der Waals surface area (Å²) in [6.07, 6.45) is 0. The number of amides is 1. The Morgan fingerprint density at radius 1 is 1.21 bits per heavy atom. The minimum atomic E-state index is -0.411. The van der Waals surface area contributed by atoms with Gasteiger partial charge in [-0.3, -0.25) is 9.69 Å². The third-order valence-electron chi connectivity index (χ3n) is 5.37. The molecule has 3 aromatic rings. The molecule has 1 N–H and O–H groups in total. The number of halogens is 1. The summed E-state index contributed by atoms with van der Waals surface area (Å²) >= 11 is 1.53. The number of aryl methyl sites for hydroxylation is 2. The Kier molecular flexibility index (Phi) is 5.89. The largest absolute Gasteiger partial charge is 0.370 e. The summed E-state index contributed by atoms with van der Waals surface area (Å²) in [6, 6.07) is 10.0. The monoisotopic (exact) mass is 414 g/mol. The number of ether oxygens (including phenoxy) is 1. The molecule has 2 heterocycles. The van der Waals surface area contributed by atoms with Crippen LogP contribution < -0.4 is 9.80 Å². The summed E-state index contributed by atoms with van der Waals surface area (Å²) in [7, 11) is 0. The number of carbonyl (C=O) groups excluding carboxylic acids is 1. The Balaban J connectivity index is 1.68. The number of nitrogens with one attached hydrogen (secondary N) is 1. The average molecular weight is 415 g/mol. The second-order valence-electron chi connectivity index (χ2n) is 7.45. The zero-order valence-electron chi connectivity index (χ0n) is 16.7. The predicted octanol–water partition coefficient (Wildman–Crippen LogP) is 2.61. The second-order valence-corrected chi connectivity index (χ2v) is 8.43. The first-order chi connectivity index (χ1) is 14.0. The van der Waals surface area contributed by atoms with Gasteiger partial charge in [0.1, 0.15) is 18.9 Å². The molecule has 0 atom stereocenters. The highest BCUT2D eigenvalue weighted by Gasteiger charge is 2.25. The first-order valence-electron chi connectivity index (χ1n) is 9.88. The number of quaternary nitrogens is 1. The molecule has 7 heteroatoms. The zero-order valence-corrected chi connectivity index (χ0v) is 17.5. The van der Waals surface area contributed by atoms with Crippen molar-refractivity contribution in [1.82, 2.24) is 4.98 Å². The van der Waals surface area contributed by atoms with E-state index in [4.69, 9.17) is 9.72 Å². The van der Waals surface area contributed by atoms with Crippen LogP contribution in [0.25, 0.3) is 10.2 Å². The number of aromatic nitrogens is 1. The van der Waals surface area contributed by atoms with Crippen molar-refractivity contribution in [3.05, 3.63) is 58.9 Å². The van der Waals surface area contributed by atoms with Gasteiger partial charge in [0.15, 0.2) is 5.13 Å². The van der Waals surface area contributed by atoms with Crippen LogP contribution in [-0.4, -0.2) is 50.3 Å². The molecular formula is C22H25FN3O2S+. The lowest BCUT2D eigenvalue weighted by Gasteiger charge is -2.27. The summed E-state index contributed by atoms with van der Waals surface area (Å²) in [5.74, 6) is -0.628. The highest BCUT2D eigenvalue weighted by molar-refractivity contribution is 7.22. The number of rotatable bonds is 5. The van der Waals surface area contributed by atoms with Gasteiger partial charge in [0.25, 0.3) is 5.91 Å². The first kappa shape index (κ1) is 19.9. The molecule has 1 aromatic heterocycles. The molecule has 4 rings (SSSR count). The van der Waals surface area contributed by atoms with Gasteiger partial charge in [0, 0.05) is 5.56 Å². The number of hydrogen-bond acceptors (Lipinski definition) is 4. The average Bonchev–Trinajstić information content (AvgIpc) is 3.18. The minimum Gasteiger partial charge on any atom is -0.370 e. The summed E-state index contributed by atoms with van der Waals surface area (Å²) in [5, 5.41) is 0.666. The van der Waals surface area contributed by atoms with E-state index in [1.165, 1.54) is 28.4 Å². The lowest BCUT2D eigenvalue weighted by Crippen LogP contribution is -3.14. The standard InChI is InChI=1S/C22H24FN3O2S/c1-15-6-7-16(2)20-19(15)24-22(29-20)26(9-8-25-10-12-28-13-11-25)21(27)17-4-3-5-18(23)14-17/h3-7,14H,8-13H2,1-2H3/p+1. The maximum Gasteiger partial charge on any atom is 0.260 e. The smallest absolute Gasteiger partial charge is 0.260 e. The van der Waals surface area contributed by atoms with Gasteiger partial charge in [0.05, 0.1) is 36.5 Å². The molecular weight excluding hydrogens is 389 g/mol. The Hall–Kier alpha value is -2.35. The third-order valence-corrected chi connectivity index (χ3v) is 6.58. The molecule has 1 aliphatic rings. The second kappa shape index (κ2) is 8.57. The van der Waals surface area contributed by atoms with Crippen molar-refractivity contribution >= 4 is 32.6 Å². The number of hydrogen-bond donors (Lipinski definition) is 1. The number of nitrogens with zero attached hydrogens (tertiary/aromatic N) is 2. The minimum absolute atomic E-state index is 0.216. The fraction of sp³-hybridized carbons (Fsp3) is 0.364. The van der Waals surface area contributed by atoms with Gasteiger partial charge in [-0.2, -0.15) is 0 Å². The van der Waals surface area contributed by atoms with Gasteiger partial charge in [-0.15, -0.1) is 0 Å². The quantitative estimate of drug-likeness (QED) is 0.698. The van der Waals surface area contributed by atoms with Crippen LogP contribution in [0.1, 0.15) is 21.5 Å². The van der Waals surface area contributed by atoms with E-state index in [-0.39, 0.29) is 5.91 Å². The molecule has 1 aliphatic heterocycles. The molecule has 0 aliphatic carbocycles. The molecule has 152 valence electrons. The highest BCUT2D eigenvalue weighted by Crippen LogP contribution is 2.33. The van der Waals surface area contributed by atoms with E-state index < -0.39 is 5.82 Å². The van der Waals surface area contributed by atoms with E-state index in [0.29, 0.717) is 17.2 Å². The Morgan fingerprint density at radius 3 is 2.69 bits per heavy atom. The number of fused-ring (bicyclic) bond motifs is 1. The van der Waals surface area contributed by atoms with Crippen LogP contribution in [-0.2, 0) is 4.74 Å². The molecule has 0 unspecified atom stereocenters. The van der Waals surface area contributed by atoms with Gasteiger partial charge < -0.3 is 9.64 Å². The Labute approximate surface area is 173 Å². The van der Waals surface area contributed by atoms with E-state index in [0.717, 1.165) is 54.2 Å². The fourth-order valence-electron chi connectivity index (χ4n) is 3.60. The van der Waals surface area contributed by atoms with Crippen LogP contribution >= 0.6 is 11.3 Å². The molecule has 1 fully saturated rings. The van der Waals surface area contributed by atoms with Crippen molar-refractivity contribution in [2.75, 3.05) is 44.3 Å². The van der Waals surface area contributed by atoms with E-state index in [1.807, 2.05) is 6.92 Å².